The van der Waals surface area contributed by atoms with E-state index in [1.807, 2.05) is 31.2 Å². The molecule has 16 heavy (non-hydrogen) atoms. The predicted molar refractivity (Wildman–Crippen MR) is 64.2 cm³/mol. The fourth-order valence-corrected chi connectivity index (χ4v) is 1.60. The number of carbonyl (C=O) groups excluding carboxylic acids is 1. The molecule has 0 unspecified atom stereocenters. The fraction of sp³-hybridized carbons (Fsp3) is 0.154. The average molecular weight is 212 g/mol. The molecule has 0 saturated heterocycles. The van der Waals surface area contributed by atoms with Crippen LogP contribution in [0.5, 0.6) is 0 Å². The van der Waals surface area contributed by atoms with Crippen molar-refractivity contribution >= 4 is 16.8 Å². The van der Waals surface area contributed by atoms with Gasteiger partial charge in [-0.2, -0.15) is 0 Å². The van der Waals surface area contributed by atoms with Crippen LogP contribution in [0.1, 0.15) is 16.1 Å². The number of aryl methyl sites for hydroxylation is 1. The molecule has 2 N–H and O–H groups in total. The average Bonchev–Trinajstić information content (AvgIpc) is 2.68. The Bertz CT molecular complexity index is 575. The monoisotopic (exact) mass is 212 g/mol. The van der Waals surface area contributed by atoms with E-state index < -0.39 is 0 Å². The van der Waals surface area contributed by atoms with Crippen molar-refractivity contribution in [3.63, 3.8) is 0 Å². The number of rotatable bonds is 2. The van der Waals surface area contributed by atoms with Gasteiger partial charge in [0.25, 0.3) is 5.91 Å². The summed E-state index contributed by atoms with van der Waals surface area (Å²) in [6.07, 6.45) is 5.07. The first kappa shape index (κ1) is 10.3. The zero-order chi connectivity index (χ0) is 11.5. The normalized spacial score (nSPS) is 10.0. The molecule has 2 aromatic rings. The Morgan fingerprint density at radius 2 is 2.31 bits per heavy atom. The van der Waals surface area contributed by atoms with E-state index >= 15 is 0 Å². The van der Waals surface area contributed by atoms with Crippen LogP contribution in [0.15, 0.2) is 24.3 Å². The molecule has 0 saturated carbocycles. The first-order chi connectivity index (χ1) is 7.70. The molecule has 2 rings (SSSR count). The second-order valence-corrected chi connectivity index (χ2v) is 3.66. The highest BCUT2D eigenvalue weighted by Gasteiger charge is 2.07. The summed E-state index contributed by atoms with van der Waals surface area (Å²) in [4.78, 5) is 14.7. The summed E-state index contributed by atoms with van der Waals surface area (Å²) >= 11 is 0. The standard InChI is InChI=1S/C13H12N2O/c1-3-6-14-13(16)12-8-10-7-9(2)4-5-11(10)15-12/h1,4-5,7-8,15H,6H2,2H3,(H,14,16). The maximum atomic E-state index is 11.6. The van der Waals surface area contributed by atoms with E-state index in [0.717, 1.165) is 10.9 Å². The number of terminal acetylenes is 1. The van der Waals surface area contributed by atoms with Crippen molar-refractivity contribution in [3.05, 3.63) is 35.5 Å². The maximum absolute atomic E-state index is 11.6. The summed E-state index contributed by atoms with van der Waals surface area (Å²) in [6, 6.07) is 7.82. The lowest BCUT2D eigenvalue weighted by atomic mass is 10.2. The van der Waals surface area contributed by atoms with Crippen LogP contribution in [0.3, 0.4) is 0 Å². The van der Waals surface area contributed by atoms with Crippen LogP contribution < -0.4 is 5.32 Å². The van der Waals surface area contributed by atoms with E-state index in [4.69, 9.17) is 6.42 Å². The summed E-state index contributed by atoms with van der Waals surface area (Å²) in [7, 11) is 0. The first-order valence-corrected chi connectivity index (χ1v) is 5.02. The van der Waals surface area contributed by atoms with Gasteiger partial charge in [-0.15, -0.1) is 6.42 Å². The molecule has 1 aromatic carbocycles. The molecule has 0 spiro atoms. The Morgan fingerprint density at radius 3 is 3.06 bits per heavy atom. The minimum Gasteiger partial charge on any atom is -0.351 e. The molecule has 1 amide bonds. The third-order valence-electron chi connectivity index (χ3n) is 2.37. The lowest BCUT2D eigenvalue weighted by Gasteiger charge is -1.96. The van der Waals surface area contributed by atoms with E-state index in [-0.39, 0.29) is 12.5 Å². The molecular weight excluding hydrogens is 200 g/mol. The summed E-state index contributed by atoms with van der Waals surface area (Å²) < 4.78 is 0. The van der Waals surface area contributed by atoms with Gasteiger partial charge in [0.05, 0.1) is 6.54 Å². The van der Waals surface area contributed by atoms with Crippen molar-refractivity contribution < 1.29 is 4.79 Å². The molecule has 1 aromatic heterocycles. The molecule has 0 radical (unpaired) electrons. The molecule has 80 valence electrons. The van der Waals surface area contributed by atoms with E-state index in [2.05, 4.69) is 16.2 Å². The number of aromatic amines is 1. The van der Waals surface area contributed by atoms with Crippen LogP contribution in [0.4, 0.5) is 0 Å². The first-order valence-electron chi connectivity index (χ1n) is 5.02. The van der Waals surface area contributed by atoms with Gasteiger partial charge in [0.2, 0.25) is 0 Å². The van der Waals surface area contributed by atoms with Gasteiger partial charge in [0.15, 0.2) is 0 Å². The lowest BCUT2D eigenvalue weighted by molar-refractivity contribution is 0.0954. The number of hydrogen-bond donors (Lipinski definition) is 2. The van der Waals surface area contributed by atoms with E-state index in [1.54, 1.807) is 0 Å². The number of amides is 1. The third-order valence-corrected chi connectivity index (χ3v) is 2.37. The van der Waals surface area contributed by atoms with Crippen LogP contribution in [0.25, 0.3) is 10.9 Å². The van der Waals surface area contributed by atoms with E-state index in [9.17, 15) is 4.79 Å². The Labute approximate surface area is 93.9 Å². The number of nitrogens with one attached hydrogen (secondary N) is 2. The van der Waals surface area contributed by atoms with Crippen molar-refractivity contribution in [2.24, 2.45) is 0 Å². The molecule has 0 aliphatic carbocycles. The van der Waals surface area contributed by atoms with Gasteiger partial charge >= 0.3 is 0 Å². The van der Waals surface area contributed by atoms with Gasteiger partial charge in [-0.05, 0) is 25.1 Å². The molecule has 0 fully saturated rings. The molecule has 0 atom stereocenters. The molecule has 0 bridgehead atoms. The lowest BCUT2D eigenvalue weighted by Crippen LogP contribution is -2.23. The topological polar surface area (TPSA) is 44.9 Å². The van der Waals surface area contributed by atoms with Crippen molar-refractivity contribution in [1.82, 2.24) is 10.3 Å². The van der Waals surface area contributed by atoms with Gasteiger partial charge in [-0.25, -0.2) is 0 Å². The van der Waals surface area contributed by atoms with Crippen LogP contribution in [-0.4, -0.2) is 17.4 Å². The van der Waals surface area contributed by atoms with Gasteiger partial charge in [-0.3, -0.25) is 4.79 Å². The van der Waals surface area contributed by atoms with Crippen LogP contribution in [0, 0.1) is 19.3 Å². The van der Waals surface area contributed by atoms with Crippen LogP contribution in [-0.2, 0) is 0 Å². The Balaban J connectivity index is 2.33. The highest BCUT2D eigenvalue weighted by atomic mass is 16.1. The van der Waals surface area contributed by atoms with Gasteiger partial charge < -0.3 is 10.3 Å². The van der Waals surface area contributed by atoms with Gasteiger partial charge in [-0.1, -0.05) is 17.6 Å². The number of H-pyrrole nitrogens is 1. The number of fused-ring (bicyclic) bond motifs is 1. The highest BCUT2D eigenvalue weighted by Crippen LogP contribution is 2.16. The minimum absolute atomic E-state index is 0.174. The number of hydrogen-bond acceptors (Lipinski definition) is 1. The summed E-state index contributed by atoms with van der Waals surface area (Å²) in [5, 5.41) is 3.65. The summed E-state index contributed by atoms with van der Waals surface area (Å²) in [6.45, 7) is 2.26. The number of benzene rings is 1. The predicted octanol–water partition coefficient (Wildman–Crippen LogP) is 1.84. The van der Waals surface area contributed by atoms with E-state index in [0.29, 0.717) is 5.69 Å². The third kappa shape index (κ3) is 1.91. The van der Waals surface area contributed by atoms with Crippen molar-refractivity contribution in [1.29, 1.82) is 0 Å². The van der Waals surface area contributed by atoms with Crippen LogP contribution in [0.2, 0.25) is 0 Å². The van der Waals surface area contributed by atoms with Gasteiger partial charge in [0, 0.05) is 10.9 Å². The SMILES string of the molecule is C#CCNC(=O)c1cc2cc(C)ccc2[nH]1. The quantitative estimate of drug-likeness (QED) is 0.733. The zero-order valence-corrected chi connectivity index (χ0v) is 9.00. The molecule has 3 nitrogen and oxygen atoms in total. The maximum Gasteiger partial charge on any atom is 0.268 e. The number of aromatic nitrogens is 1. The van der Waals surface area contributed by atoms with E-state index in [1.165, 1.54) is 5.56 Å². The summed E-state index contributed by atoms with van der Waals surface area (Å²) in [5.41, 5.74) is 2.66. The second-order valence-electron chi connectivity index (χ2n) is 3.66. The zero-order valence-electron chi connectivity index (χ0n) is 9.00. The smallest absolute Gasteiger partial charge is 0.268 e. The molecular formula is C13H12N2O. The Hall–Kier alpha value is -2.21. The molecule has 1 heterocycles. The second kappa shape index (κ2) is 4.11. The largest absolute Gasteiger partial charge is 0.351 e. The summed E-state index contributed by atoms with van der Waals surface area (Å²) in [5.74, 6) is 2.19. The highest BCUT2D eigenvalue weighted by molar-refractivity contribution is 5.98. The van der Waals surface area contributed by atoms with Crippen molar-refractivity contribution in [3.8, 4) is 12.3 Å². The van der Waals surface area contributed by atoms with Crippen molar-refractivity contribution in [2.75, 3.05) is 6.54 Å². The van der Waals surface area contributed by atoms with Gasteiger partial charge in [0.1, 0.15) is 5.69 Å². The number of carbonyl (C=O) groups is 1. The fourth-order valence-electron chi connectivity index (χ4n) is 1.60. The molecule has 0 aliphatic rings. The molecule has 0 aliphatic heterocycles. The van der Waals surface area contributed by atoms with Crippen molar-refractivity contribution in [2.45, 2.75) is 6.92 Å². The Kier molecular flexibility index (Phi) is 2.65. The Morgan fingerprint density at radius 1 is 1.50 bits per heavy atom. The minimum atomic E-state index is -0.174. The van der Waals surface area contributed by atoms with Crippen LogP contribution >= 0.6 is 0 Å². The molecule has 3 heteroatoms.